The third kappa shape index (κ3) is 3.89. The van der Waals surface area contributed by atoms with Crippen molar-refractivity contribution in [2.24, 2.45) is 0 Å². The van der Waals surface area contributed by atoms with Crippen molar-refractivity contribution < 1.29 is 23.9 Å². The van der Waals surface area contributed by atoms with E-state index in [1.54, 1.807) is 16.7 Å². The summed E-state index contributed by atoms with van der Waals surface area (Å²) in [6, 6.07) is -0.00531. The summed E-state index contributed by atoms with van der Waals surface area (Å²) in [5, 5.41) is 0. The molecule has 3 aliphatic rings. The topological polar surface area (TPSA) is 79.4 Å². The minimum atomic E-state index is -0.513. The lowest BCUT2D eigenvalue weighted by atomic mass is 10.0. The van der Waals surface area contributed by atoms with Gasteiger partial charge in [0.2, 0.25) is 0 Å². The van der Waals surface area contributed by atoms with Crippen LogP contribution in [0.25, 0.3) is 0 Å². The summed E-state index contributed by atoms with van der Waals surface area (Å²) in [4.78, 5) is 42.2. The predicted octanol–water partition coefficient (Wildman–Crippen LogP) is 2.34. The Balaban J connectivity index is 1.62. The molecule has 3 heterocycles. The lowest BCUT2D eigenvalue weighted by Crippen LogP contribution is -2.49. The molecule has 3 aliphatic heterocycles. The number of amides is 3. The number of esters is 1. The van der Waals surface area contributed by atoms with Crippen LogP contribution in [0.3, 0.4) is 0 Å². The number of piperidine rings is 1. The molecular formula is C19H29N3O5. The van der Waals surface area contributed by atoms with Crippen molar-refractivity contribution in [1.82, 2.24) is 14.7 Å². The molecule has 27 heavy (non-hydrogen) atoms. The molecule has 2 saturated heterocycles. The largest absolute Gasteiger partial charge is 0.456 e. The smallest absolute Gasteiger partial charge is 0.410 e. The highest BCUT2D eigenvalue weighted by atomic mass is 16.6. The van der Waals surface area contributed by atoms with E-state index in [0.29, 0.717) is 30.9 Å². The Labute approximate surface area is 160 Å². The summed E-state index contributed by atoms with van der Waals surface area (Å²) in [5.74, 6) is -0.353. The Morgan fingerprint density at radius 1 is 1.19 bits per heavy atom. The zero-order valence-corrected chi connectivity index (χ0v) is 16.8. The van der Waals surface area contributed by atoms with Crippen molar-refractivity contribution in [2.45, 2.75) is 65.1 Å². The van der Waals surface area contributed by atoms with E-state index in [1.807, 2.05) is 32.6 Å². The average Bonchev–Trinajstić information content (AvgIpc) is 3.06. The summed E-state index contributed by atoms with van der Waals surface area (Å²) >= 11 is 0. The van der Waals surface area contributed by atoms with Crippen molar-refractivity contribution in [3.63, 3.8) is 0 Å². The highest BCUT2D eigenvalue weighted by Crippen LogP contribution is 2.31. The molecule has 0 N–H and O–H groups in total. The number of rotatable bonds is 2. The van der Waals surface area contributed by atoms with E-state index in [-0.39, 0.29) is 36.8 Å². The SMILES string of the molecule is CC1=C(N2C(=O)N(C3CCN(C(=O)OC(C)(C)C)CC3)CC2C)COC1=O. The van der Waals surface area contributed by atoms with Crippen LogP contribution in [0.1, 0.15) is 47.5 Å². The average molecular weight is 379 g/mol. The van der Waals surface area contributed by atoms with Crippen LogP contribution in [0.4, 0.5) is 9.59 Å². The van der Waals surface area contributed by atoms with E-state index in [9.17, 15) is 14.4 Å². The van der Waals surface area contributed by atoms with Crippen molar-refractivity contribution in [2.75, 3.05) is 26.2 Å². The van der Waals surface area contributed by atoms with Gasteiger partial charge in [-0.05, 0) is 47.5 Å². The molecule has 0 spiro atoms. The van der Waals surface area contributed by atoms with E-state index in [4.69, 9.17) is 9.47 Å². The maximum Gasteiger partial charge on any atom is 0.410 e. The van der Waals surface area contributed by atoms with Gasteiger partial charge in [-0.1, -0.05) is 0 Å². The summed E-state index contributed by atoms with van der Waals surface area (Å²) in [6.07, 6.45) is 1.14. The fourth-order valence-electron chi connectivity index (χ4n) is 3.86. The molecule has 0 saturated carbocycles. The fourth-order valence-corrected chi connectivity index (χ4v) is 3.86. The standard InChI is InChI=1S/C19H29N3O5/c1-12-10-21(17(24)22(12)15-11-26-16(23)13(15)2)14-6-8-20(9-7-14)18(25)27-19(3,4)5/h12,14H,6-11H2,1-5H3. The molecule has 0 bridgehead atoms. The molecule has 150 valence electrons. The van der Waals surface area contributed by atoms with Crippen LogP contribution in [0.2, 0.25) is 0 Å². The number of hydrogen-bond donors (Lipinski definition) is 0. The van der Waals surface area contributed by atoms with Gasteiger partial charge >= 0.3 is 18.1 Å². The maximum atomic E-state index is 13.0. The number of nitrogens with zero attached hydrogens (tertiary/aromatic N) is 3. The van der Waals surface area contributed by atoms with Crippen LogP contribution in [0.15, 0.2) is 11.3 Å². The summed E-state index contributed by atoms with van der Waals surface area (Å²) in [7, 11) is 0. The number of urea groups is 1. The minimum Gasteiger partial charge on any atom is -0.456 e. The molecule has 3 rings (SSSR count). The second kappa shape index (κ2) is 7.05. The quantitative estimate of drug-likeness (QED) is 0.688. The third-order valence-corrected chi connectivity index (χ3v) is 5.28. The van der Waals surface area contributed by atoms with E-state index in [1.165, 1.54) is 0 Å². The fraction of sp³-hybridized carbons (Fsp3) is 0.737. The molecule has 3 amide bonds. The molecule has 0 aromatic carbocycles. The second-order valence-electron chi connectivity index (χ2n) is 8.50. The lowest BCUT2D eigenvalue weighted by Gasteiger charge is -2.37. The minimum absolute atomic E-state index is 0.0131. The van der Waals surface area contributed by atoms with Crippen LogP contribution < -0.4 is 0 Å². The number of carbonyl (C=O) groups excluding carboxylic acids is 3. The van der Waals surface area contributed by atoms with Crippen LogP contribution in [-0.4, -0.2) is 76.7 Å². The first-order valence-corrected chi connectivity index (χ1v) is 9.53. The molecule has 2 fully saturated rings. The zero-order chi connectivity index (χ0) is 19.9. The van der Waals surface area contributed by atoms with E-state index < -0.39 is 5.60 Å². The van der Waals surface area contributed by atoms with Gasteiger partial charge in [0.05, 0.1) is 17.3 Å². The van der Waals surface area contributed by atoms with Gasteiger partial charge in [0.1, 0.15) is 12.2 Å². The predicted molar refractivity (Wildman–Crippen MR) is 97.9 cm³/mol. The highest BCUT2D eigenvalue weighted by Gasteiger charge is 2.43. The summed E-state index contributed by atoms with van der Waals surface area (Å²) in [6.45, 7) is 11.2. The number of carbonyl (C=O) groups is 3. The van der Waals surface area contributed by atoms with Gasteiger partial charge < -0.3 is 19.3 Å². The molecule has 8 heteroatoms. The summed E-state index contributed by atoms with van der Waals surface area (Å²) in [5.41, 5.74) is 0.671. The van der Waals surface area contributed by atoms with Crippen LogP contribution in [0, 0.1) is 0 Å². The second-order valence-corrected chi connectivity index (χ2v) is 8.50. The van der Waals surface area contributed by atoms with Gasteiger partial charge in [0.15, 0.2) is 0 Å². The Bertz CT molecular complexity index is 673. The molecular weight excluding hydrogens is 350 g/mol. The highest BCUT2D eigenvalue weighted by molar-refractivity contribution is 5.92. The third-order valence-electron chi connectivity index (χ3n) is 5.28. The van der Waals surface area contributed by atoms with Crippen LogP contribution >= 0.6 is 0 Å². The van der Waals surface area contributed by atoms with E-state index in [0.717, 1.165) is 12.8 Å². The molecule has 0 aromatic heterocycles. The maximum absolute atomic E-state index is 13.0. The number of cyclic esters (lactones) is 1. The van der Waals surface area contributed by atoms with Gasteiger partial charge in [-0.3, -0.25) is 4.90 Å². The van der Waals surface area contributed by atoms with Gasteiger partial charge in [0, 0.05) is 25.7 Å². The first kappa shape index (κ1) is 19.5. The Morgan fingerprint density at radius 3 is 2.33 bits per heavy atom. The molecule has 8 nitrogen and oxygen atoms in total. The van der Waals surface area contributed by atoms with Crippen molar-refractivity contribution >= 4 is 18.1 Å². The van der Waals surface area contributed by atoms with Gasteiger partial charge in [0.25, 0.3) is 0 Å². The Hall–Kier alpha value is -2.25. The van der Waals surface area contributed by atoms with E-state index >= 15 is 0 Å². The Kier molecular flexibility index (Phi) is 5.10. The van der Waals surface area contributed by atoms with Crippen LogP contribution in [-0.2, 0) is 14.3 Å². The normalized spacial score (nSPS) is 24.8. The zero-order valence-electron chi connectivity index (χ0n) is 16.8. The lowest BCUT2D eigenvalue weighted by molar-refractivity contribution is -0.136. The van der Waals surface area contributed by atoms with Crippen molar-refractivity contribution in [3.05, 3.63) is 11.3 Å². The van der Waals surface area contributed by atoms with E-state index in [2.05, 4.69) is 0 Å². The van der Waals surface area contributed by atoms with Crippen LogP contribution in [0.5, 0.6) is 0 Å². The first-order valence-electron chi connectivity index (χ1n) is 9.53. The number of hydrogen-bond acceptors (Lipinski definition) is 5. The Morgan fingerprint density at radius 2 is 1.81 bits per heavy atom. The summed E-state index contributed by atoms with van der Waals surface area (Å²) < 4.78 is 10.5. The van der Waals surface area contributed by atoms with Gasteiger partial charge in [-0.25, -0.2) is 14.4 Å². The molecule has 1 unspecified atom stereocenters. The number of ether oxygens (including phenoxy) is 2. The van der Waals surface area contributed by atoms with Crippen molar-refractivity contribution in [3.8, 4) is 0 Å². The molecule has 0 aromatic rings. The van der Waals surface area contributed by atoms with Gasteiger partial charge in [-0.2, -0.15) is 0 Å². The van der Waals surface area contributed by atoms with Gasteiger partial charge in [-0.15, -0.1) is 0 Å². The molecule has 1 atom stereocenters. The monoisotopic (exact) mass is 379 g/mol. The van der Waals surface area contributed by atoms with Crippen molar-refractivity contribution in [1.29, 1.82) is 0 Å². The molecule has 0 aliphatic carbocycles. The molecule has 0 radical (unpaired) electrons. The first-order chi connectivity index (χ1) is 12.6. The number of likely N-dealkylation sites (tertiary alicyclic amines) is 1.